The number of allylic oxidation sites excluding steroid dienone is 5. The summed E-state index contributed by atoms with van der Waals surface area (Å²) in [6, 6.07) is 23.4. The predicted octanol–water partition coefficient (Wildman–Crippen LogP) is 7.75. The summed E-state index contributed by atoms with van der Waals surface area (Å²) in [7, 11) is 0. The molecule has 0 saturated carbocycles. The van der Waals surface area contributed by atoms with Crippen LogP contribution in [0.3, 0.4) is 0 Å². The van der Waals surface area contributed by atoms with Crippen LogP contribution >= 0.6 is 0 Å². The van der Waals surface area contributed by atoms with Gasteiger partial charge in [-0.2, -0.15) is 0 Å². The molecule has 0 fully saturated rings. The summed E-state index contributed by atoms with van der Waals surface area (Å²) in [5.41, 5.74) is 7.67. The Morgan fingerprint density at radius 2 is 1.73 bits per heavy atom. The van der Waals surface area contributed by atoms with Gasteiger partial charge < -0.3 is 5.32 Å². The molecular weight excluding hydrogens is 402 g/mol. The van der Waals surface area contributed by atoms with Crippen molar-refractivity contribution in [3.05, 3.63) is 120 Å². The zero-order valence-electron chi connectivity index (χ0n) is 19.5. The summed E-state index contributed by atoms with van der Waals surface area (Å²) in [6.07, 6.45) is 7.90. The highest BCUT2D eigenvalue weighted by molar-refractivity contribution is 5.87. The molecule has 0 spiro atoms. The Morgan fingerprint density at radius 3 is 2.45 bits per heavy atom. The quantitative estimate of drug-likeness (QED) is 0.304. The van der Waals surface area contributed by atoms with E-state index in [-0.39, 0.29) is 0 Å². The van der Waals surface area contributed by atoms with Crippen molar-refractivity contribution in [2.45, 2.75) is 27.3 Å². The second-order valence-electron chi connectivity index (χ2n) is 8.25. The molecule has 1 aromatic heterocycles. The average Bonchev–Trinajstić information content (AvgIpc) is 2.83. The van der Waals surface area contributed by atoms with E-state index in [4.69, 9.17) is 0 Å². The van der Waals surface area contributed by atoms with E-state index in [0.29, 0.717) is 6.54 Å². The van der Waals surface area contributed by atoms with Gasteiger partial charge in [-0.05, 0) is 54.3 Å². The third-order valence-electron chi connectivity index (χ3n) is 5.60. The Labute approximate surface area is 196 Å². The lowest BCUT2D eigenvalue weighted by Crippen LogP contribution is -2.05. The van der Waals surface area contributed by atoms with Gasteiger partial charge in [0, 0.05) is 17.7 Å². The van der Waals surface area contributed by atoms with Crippen molar-refractivity contribution < 1.29 is 0 Å². The largest absolute Gasteiger partial charge is 0.366 e. The second kappa shape index (κ2) is 10.1. The van der Waals surface area contributed by atoms with Crippen LogP contribution in [0.2, 0.25) is 0 Å². The lowest BCUT2D eigenvalue weighted by atomic mass is 10.0. The van der Waals surface area contributed by atoms with Crippen LogP contribution in [0.4, 0.5) is 5.82 Å². The first kappa shape index (κ1) is 22.2. The molecule has 0 saturated heterocycles. The normalized spacial score (nSPS) is 11.8. The van der Waals surface area contributed by atoms with Crippen molar-refractivity contribution in [1.29, 1.82) is 0 Å². The summed E-state index contributed by atoms with van der Waals surface area (Å²) in [5.74, 6) is 0.856. The smallest absolute Gasteiger partial charge is 0.133 e. The molecule has 1 heterocycles. The molecule has 0 bridgehead atoms. The highest BCUT2D eigenvalue weighted by Gasteiger charge is 2.10. The highest BCUT2D eigenvalue weighted by atomic mass is 15.0. The highest BCUT2D eigenvalue weighted by Crippen LogP contribution is 2.28. The van der Waals surface area contributed by atoms with Crippen LogP contribution in [0.15, 0.2) is 103 Å². The second-order valence-corrected chi connectivity index (χ2v) is 8.25. The summed E-state index contributed by atoms with van der Waals surface area (Å²) in [5, 5.41) is 5.92. The molecule has 0 aliphatic heterocycles. The minimum Gasteiger partial charge on any atom is -0.366 e. The maximum atomic E-state index is 4.57. The number of benzene rings is 3. The molecule has 4 rings (SSSR count). The fourth-order valence-electron chi connectivity index (χ4n) is 3.93. The maximum absolute atomic E-state index is 4.57. The van der Waals surface area contributed by atoms with E-state index in [1.54, 1.807) is 6.33 Å². The van der Waals surface area contributed by atoms with Gasteiger partial charge >= 0.3 is 0 Å². The van der Waals surface area contributed by atoms with Crippen molar-refractivity contribution in [3.8, 4) is 11.3 Å². The van der Waals surface area contributed by atoms with E-state index in [0.717, 1.165) is 33.8 Å². The van der Waals surface area contributed by atoms with Crippen molar-refractivity contribution in [3.63, 3.8) is 0 Å². The van der Waals surface area contributed by atoms with Gasteiger partial charge in [-0.15, -0.1) is 0 Å². The van der Waals surface area contributed by atoms with Crippen molar-refractivity contribution in [2.75, 3.05) is 5.32 Å². The molecular formula is C30H29N3. The molecule has 3 nitrogen and oxygen atoms in total. The molecule has 4 aromatic rings. The van der Waals surface area contributed by atoms with E-state index < -0.39 is 0 Å². The molecule has 0 aliphatic carbocycles. The van der Waals surface area contributed by atoms with E-state index in [9.17, 15) is 0 Å². The minimum absolute atomic E-state index is 0.693. The molecule has 164 valence electrons. The standard InChI is InChI=1S/C30H29N3/c1-5-8-26(17-21(2)3)25-13-11-23(12-14-25)19-31-30-22(4)29(32-20-33-30)28-16-15-24-9-6-7-10-27(24)18-28/h5-18,20H,2,19H2,1,3-4H3,(H,31,32,33)/b8-5-,26-17+. The fourth-order valence-corrected chi connectivity index (χ4v) is 3.93. The number of hydrogen-bond acceptors (Lipinski definition) is 3. The average molecular weight is 432 g/mol. The first-order valence-electron chi connectivity index (χ1n) is 11.2. The van der Waals surface area contributed by atoms with Crippen LogP contribution in [0.5, 0.6) is 0 Å². The summed E-state index contributed by atoms with van der Waals surface area (Å²) < 4.78 is 0. The van der Waals surface area contributed by atoms with Crippen LogP contribution < -0.4 is 5.32 Å². The van der Waals surface area contributed by atoms with E-state index >= 15 is 0 Å². The zero-order valence-corrected chi connectivity index (χ0v) is 19.5. The van der Waals surface area contributed by atoms with Crippen LogP contribution in [-0.2, 0) is 6.54 Å². The number of anilines is 1. The lowest BCUT2D eigenvalue weighted by molar-refractivity contribution is 1.06. The van der Waals surface area contributed by atoms with Gasteiger partial charge in [-0.1, -0.05) is 91.0 Å². The molecule has 3 aromatic carbocycles. The molecule has 0 amide bonds. The van der Waals surface area contributed by atoms with Crippen molar-refractivity contribution in [1.82, 2.24) is 9.97 Å². The van der Waals surface area contributed by atoms with E-state index in [1.807, 2.05) is 13.8 Å². The molecule has 1 N–H and O–H groups in total. The lowest BCUT2D eigenvalue weighted by Gasteiger charge is -2.13. The van der Waals surface area contributed by atoms with Crippen LogP contribution in [0.1, 0.15) is 30.5 Å². The van der Waals surface area contributed by atoms with E-state index in [2.05, 4.69) is 114 Å². The van der Waals surface area contributed by atoms with Gasteiger partial charge in [0.25, 0.3) is 0 Å². The predicted molar refractivity (Wildman–Crippen MR) is 141 cm³/mol. The molecule has 0 radical (unpaired) electrons. The zero-order chi connectivity index (χ0) is 23.2. The van der Waals surface area contributed by atoms with Crippen molar-refractivity contribution >= 4 is 22.2 Å². The van der Waals surface area contributed by atoms with Gasteiger partial charge in [-0.25, -0.2) is 9.97 Å². The molecule has 0 unspecified atom stereocenters. The van der Waals surface area contributed by atoms with Gasteiger partial charge in [-0.3, -0.25) is 0 Å². The molecule has 3 heteroatoms. The number of nitrogens with zero attached hydrogens (tertiary/aromatic N) is 2. The third-order valence-corrected chi connectivity index (χ3v) is 5.60. The minimum atomic E-state index is 0.693. The fraction of sp³-hybridized carbons (Fsp3) is 0.133. The van der Waals surface area contributed by atoms with Crippen LogP contribution in [0, 0.1) is 6.92 Å². The Kier molecular flexibility index (Phi) is 6.80. The van der Waals surface area contributed by atoms with Crippen LogP contribution in [-0.4, -0.2) is 9.97 Å². The van der Waals surface area contributed by atoms with Crippen molar-refractivity contribution in [2.24, 2.45) is 0 Å². The van der Waals surface area contributed by atoms with Gasteiger partial charge in [0.1, 0.15) is 12.1 Å². The Bertz CT molecular complexity index is 1340. The Balaban J connectivity index is 1.52. The summed E-state index contributed by atoms with van der Waals surface area (Å²) in [6.45, 7) is 10.8. The molecule has 33 heavy (non-hydrogen) atoms. The number of nitrogens with one attached hydrogen (secondary N) is 1. The Hall–Kier alpha value is -3.98. The topological polar surface area (TPSA) is 37.8 Å². The maximum Gasteiger partial charge on any atom is 0.133 e. The SMILES string of the molecule is C=C(C)/C=C(\C=C/C)c1ccc(CNc2ncnc(-c3ccc4ccccc4c3)c2C)cc1. The first-order valence-corrected chi connectivity index (χ1v) is 11.2. The number of aromatic nitrogens is 2. The van der Waals surface area contributed by atoms with Crippen LogP contribution in [0.25, 0.3) is 27.6 Å². The molecule has 0 atom stereocenters. The molecule has 0 aliphatic rings. The van der Waals surface area contributed by atoms with Gasteiger partial charge in [0.05, 0.1) is 5.69 Å². The number of fused-ring (bicyclic) bond motifs is 1. The number of hydrogen-bond donors (Lipinski definition) is 1. The van der Waals surface area contributed by atoms with E-state index in [1.165, 1.54) is 21.9 Å². The van der Waals surface area contributed by atoms with Gasteiger partial charge in [0.2, 0.25) is 0 Å². The summed E-state index contributed by atoms with van der Waals surface area (Å²) >= 11 is 0. The third kappa shape index (κ3) is 5.27. The summed E-state index contributed by atoms with van der Waals surface area (Å²) in [4.78, 5) is 9.07. The van der Waals surface area contributed by atoms with Gasteiger partial charge in [0.15, 0.2) is 0 Å². The monoisotopic (exact) mass is 431 g/mol. The number of rotatable bonds is 7. The Morgan fingerprint density at radius 1 is 0.970 bits per heavy atom. The first-order chi connectivity index (χ1) is 16.0.